The second-order valence-corrected chi connectivity index (χ2v) is 6.01. The Morgan fingerprint density at radius 3 is 2.45 bits per heavy atom. The van der Waals surface area contributed by atoms with E-state index in [4.69, 9.17) is 11.3 Å². The van der Waals surface area contributed by atoms with Gasteiger partial charge in [-0.2, -0.15) is 0 Å². The lowest BCUT2D eigenvalue weighted by molar-refractivity contribution is 0.132. The topological polar surface area (TPSA) is 16.8 Å². The zero-order chi connectivity index (χ0) is 14.4. The van der Waals surface area contributed by atoms with Gasteiger partial charge in [0.25, 0.3) is 0 Å². The van der Waals surface area contributed by atoms with Crippen LogP contribution in [0.5, 0.6) is 5.75 Å². The molecule has 1 aromatic carbocycles. The molecule has 0 N–H and O–H groups in total. The Balaban J connectivity index is 1.67. The highest BCUT2D eigenvalue weighted by molar-refractivity contribution is 5.46. The molecule has 1 aliphatic heterocycles. The second kappa shape index (κ2) is 7.31. The molecule has 2 unspecified atom stereocenters. The molecule has 0 aromatic heterocycles. The number of likely N-dealkylation sites (tertiary alicyclic amines) is 1. The Hall–Kier alpha value is -1.53. The van der Waals surface area contributed by atoms with Crippen molar-refractivity contribution in [2.24, 2.45) is 11.8 Å². The van der Waals surface area contributed by atoms with Crippen LogP contribution >= 0.6 is 0 Å². The van der Waals surface area contributed by atoms with Crippen LogP contribution in [0.3, 0.4) is 0 Å². The Morgan fingerprint density at radius 1 is 1.20 bits per heavy atom. The van der Waals surface area contributed by atoms with E-state index < -0.39 is 0 Å². The van der Waals surface area contributed by atoms with Crippen molar-refractivity contribution in [3.05, 3.63) is 35.7 Å². The van der Waals surface area contributed by atoms with Crippen LogP contribution in [0.1, 0.15) is 26.7 Å². The maximum atomic E-state index is 6.91. The predicted molar refractivity (Wildman–Crippen MR) is 82.2 cm³/mol. The van der Waals surface area contributed by atoms with Crippen molar-refractivity contribution in [1.29, 1.82) is 0 Å². The van der Waals surface area contributed by atoms with Gasteiger partial charge in [-0.1, -0.05) is 26.0 Å². The quantitative estimate of drug-likeness (QED) is 0.595. The third-order valence-electron chi connectivity index (χ3n) is 3.80. The highest BCUT2D eigenvalue weighted by atomic mass is 16.5. The third-order valence-corrected chi connectivity index (χ3v) is 3.80. The first-order valence-corrected chi connectivity index (χ1v) is 7.50. The van der Waals surface area contributed by atoms with Gasteiger partial charge < -0.3 is 9.64 Å². The van der Waals surface area contributed by atoms with Gasteiger partial charge in [-0.25, -0.2) is 4.85 Å². The van der Waals surface area contributed by atoms with Crippen molar-refractivity contribution >= 4 is 5.69 Å². The predicted octanol–water partition coefficient (Wildman–Crippen LogP) is 3.98. The van der Waals surface area contributed by atoms with E-state index >= 15 is 0 Å². The lowest BCUT2D eigenvalue weighted by atomic mass is 9.92. The molecule has 1 aliphatic rings. The SMILES string of the molecule is [C-]#[N+]c1ccc(OCCCN2CC(C)CC(C)C2)cc1. The van der Waals surface area contributed by atoms with Gasteiger partial charge in [-0.15, -0.1) is 0 Å². The number of hydrogen-bond acceptors (Lipinski definition) is 2. The standard InChI is InChI=1S/C17H24N2O/c1-14-11-15(2)13-19(12-14)9-4-10-20-17-7-5-16(18-3)6-8-17/h5-8,14-15H,4,9-13H2,1-2H3. The first kappa shape index (κ1) is 14.9. The number of nitrogens with zero attached hydrogens (tertiary/aromatic N) is 2. The Morgan fingerprint density at radius 2 is 1.85 bits per heavy atom. The average molecular weight is 272 g/mol. The van der Waals surface area contributed by atoms with Crippen LogP contribution in [-0.4, -0.2) is 31.1 Å². The summed E-state index contributed by atoms with van der Waals surface area (Å²) in [5.74, 6) is 2.50. The van der Waals surface area contributed by atoms with Crippen LogP contribution in [0.2, 0.25) is 0 Å². The molecule has 1 saturated heterocycles. The van der Waals surface area contributed by atoms with Gasteiger partial charge in [0.05, 0.1) is 13.2 Å². The van der Waals surface area contributed by atoms with E-state index in [-0.39, 0.29) is 0 Å². The first-order valence-electron chi connectivity index (χ1n) is 7.50. The van der Waals surface area contributed by atoms with Crippen LogP contribution in [0, 0.1) is 18.4 Å². The van der Waals surface area contributed by atoms with E-state index in [9.17, 15) is 0 Å². The minimum absolute atomic E-state index is 0.661. The summed E-state index contributed by atoms with van der Waals surface area (Å²) in [7, 11) is 0. The summed E-state index contributed by atoms with van der Waals surface area (Å²) in [6, 6.07) is 7.35. The number of rotatable bonds is 5. The summed E-state index contributed by atoms with van der Waals surface area (Å²) in [6.07, 6.45) is 2.42. The molecule has 0 spiro atoms. The lowest BCUT2D eigenvalue weighted by Crippen LogP contribution is -2.39. The fourth-order valence-corrected chi connectivity index (χ4v) is 3.07. The van der Waals surface area contributed by atoms with Crippen molar-refractivity contribution in [1.82, 2.24) is 4.90 Å². The van der Waals surface area contributed by atoms with E-state index in [1.165, 1.54) is 19.5 Å². The molecule has 0 bridgehead atoms. The molecule has 1 heterocycles. The summed E-state index contributed by atoms with van der Waals surface area (Å²) in [4.78, 5) is 5.93. The zero-order valence-electron chi connectivity index (χ0n) is 12.5. The molecular weight excluding hydrogens is 248 g/mol. The fourth-order valence-electron chi connectivity index (χ4n) is 3.07. The van der Waals surface area contributed by atoms with E-state index in [2.05, 4.69) is 23.6 Å². The Bertz CT molecular complexity index is 439. The molecule has 108 valence electrons. The van der Waals surface area contributed by atoms with Crippen molar-refractivity contribution in [2.75, 3.05) is 26.2 Å². The second-order valence-electron chi connectivity index (χ2n) is 6.01. The normalized spacial score (nSPS) is 23.2. The summed E-state index contributed by atoms with van der Waals surface area (Å²) in [5, 5.41) is 0. The minimum Gasteiger partial charge on any atom is -0.494 e. The van der Waals surface area contributed by atoms with Crippen LogP contribution in [-0.2, 0) is 0 Å². The molecule has 0 aliphatic carbocycles. The van der Waals surface area contributed by atoms with Gasteiger partial charge in [0.1, 0.15) is 5.75 Å². The fraction of sp³-hybridized carbons (Fsp3) is 0.588. The molecule has 0 amide bonds. The number of hydrogen-bond donors (Lipinski definition) is 0. The number of benzene rings is 1. The van der Waals surface area contributed by atoms with Gasteiger partial charge >= 0.3 is 0 Å². The van der Waals surface area contributed by atoms with Gasteiger partial charge in [0, 0.05) is 19.6 Å². The molecule has 0 saturated carbocycles. The van der Waals surface area contributed by atoms with Crippen molar-refractivity contribution in [3.63, 3.8) is 0 Å². The van der Waals surface area contributed by atoms with E-state index in [1.54, 1.807) is 12.1 Å². The molecule has 1 aromatic rings. The third kappa shape index (κ3) is 4.54. The highest BCUT2D eigenvalue weighted by Crippen LogP contribution is 2.21. The lowest BCUT2D eigenvalue weighted by Gasteiger charge is -2.34. The van der Waals surface area contributed by atoms with E-state index in [0.29, 0.717) is 5.69 Å². The van der Waals surface area contributed by atoms with Gasteiger partial charge in [0.2, 0.25) is 0 Å². The van der Waals surface area contributed by atoms with Crippen LogP contribution < -0.4 is 4.74 Å². The van der Waals surface area contributed by atoms with Crippen LogP contribution in [0.25, 0.3) is 4.85 Å². The molecule has 2 atom stereocenters. The van der Waals surface area contributed by atoms with Gasteiger partial charge in [-0.3, -0.25) is 0 Å². The highest BCUT2D eigenvalue weighted by Gasteiger charge is 2.20. The monoisotopic (exact) mass is 272 g/mol. The Kier molecular flexibility index (Phi) is 5.43. The van der Waals surface area contributed by atoms with E-state index in [0.717, 1.165) is 37.2 Å². The van der Waals surface area contributed by atoms with Crippen molar-refractivity contribution in [2.45, 2.75) is 26.7 Å². The van der Waals surface area contributed by atoms with E-state index in [1.807, 2.05) is 12.1 Å². The molecule has 2 rings (SSSR count). The summed E-state index contributed by atoms with van der Waals surface area (Å²) in [5.41, 5.74) is 0.661. The molecule has 0 radical (unpaired) electrons. The van der Waals surface area contributed by atoms with Gasteiger partial charge in [-0.05, 0) is 36.8 Å². The molecule has 3 nitrogen and oxygen atoms in total. The maximum Gasteiger partial charge on any atom is 0.187 e. The minimum atomic E-state index is 0.661. The summed E-state index contributed by atoms with van der Waals surface area (Å²) in [6.45, 7) is 15.9. The van der Waals surface area contributed by atoms with Crippen LogP contribution in [0.15, 0.2) is 24.3 Å². The summed E-state index contributed by atoms with van der Waals surface area (Å²) < 4.78 is 5.72. The number of piperidine rings is 1. The molecule has 20 heavy (non-hydrogen) atoms. The first-order chi connectivity index (χ1) is 9.67. The van der Waals surface area contributed by atoms with Crippen molar-refractivity contribution < 1.29 is 4.74 Å². The largest absolute Gasteiger partial charge is 0.494 e. The maximum absolute atomic E-state index is 6.91. The number of ether oxygens (including phenoxy) is 1. The molecule has 3 heteroatoms. The zero-order valence-corrected chi connectivity index (χ0v) is 12.5. The van der Waals surface area contributed by atoms with Crippen LogP contribution in [0.4, 0.5) is 5.69 Å². The molecule has 1 fully saturated rings. The Labute approximate surface area is 122 Å². The average Bonchev–Trinajstić information content (AvgIpc) is 2.43. The van der Waals surface area contributed by atoms with Gasteiger partial charge in [0.15, 0.2) is 5.69 Å². The molecular formula is C17H24N2O. The van der Waals surface area contributed by atoms with Crippen molar-refractivity contribution in [3.8, 4) is 5.75 Å². The smallest absolute Gasteiger partial charge is 0.187 e. The summed E-state index contributed by atoms with van der Waals surface area (Å²) >= 11 is 0.